The van der Waals surface area contributed by atoms with E-state index in [0.717, 1.165) is 52.6 Å². The number of carboxylic acids is 1. The number of hydrogen-bond donors (Lipinski definition) is 1. The minimum Gasteiger partial charge on any atom is -0.497 e. The molecule has 4 rings (SSSR count). The zero-order chi connectivity index (χ0) is 21.1. The second-order valence-corrected chi connectivity index (χ2v) is 8.75. The third kappa shape index (κ3) is 4.49. The summed E-state index contributed by atoms with van der Waals surface area (Å²) in [7, 11) is 1.67. The van der Waals surface area contributed by atoms with Gasteiger partial charge in [0.1, 0.15) is 16.5 Å². The minimum absolute atomic E-state index is 0.124. The van der Waals surface area contributed by atoms with E-state index >= 15 is 0 Å². The second kappa shape index (κ2) is 8.88. The van der Waals surface area contributed by atoms with Crippen LogP contribution in [-0.2, 0) is 17.6 Å². The van der Waals surface area contributed by atoms with E-state index in [9.17, 15) is 4.79 Å². The van der Waals surface area contributed by atoms with Gasteiger partial charge in [-0.05, 0) is 61.1 Å². The lowest BCUT2D eigenvalue weighted by atomic mass is 9.98. The van der Waals surface area contributed by atoms with Gasteiger partial charge < -0.3 is 14.6 Å². The zero-order valence-electron chi connectivity index (χ0n) is 17.2. The Morgan fingerprint density at radius 1 is 1.23 bits per heavy atom. The molecule has 1 atom stereocenters. The predicted octanol–water partition coefficient (Wildman–Crippen LogP) is 5.25. The molecule has 1 aromatic heterocycles. The van der Waals surface area contributed by atoms with Crippen LogP contribution >= 0.6 is 11.3 Å². The Hall–Kier alpha value is -2.86. The lowest BCUT2D eigenvalue weighted by Crippen LogP contribution is -2.04. The number of rotatable bonds is 8. The highest BCUT2D eigenvalue weighted by Gasteiger charge is 2.24. The number of hydrogen-bond acceptors (Lipinski definition) is 5. The number of methoxy groups -OCH3 is 1. The molecule has 0 bridgehead atoms. The van der Waals surface area contributed by atoms with E-state index in [-0.39, 0.29) is 12.3 Å². The summed E-state index contributed by atoms with van der Waals surface area (Å²) in [5.41, 5.74) is 4.48. The third-order valence-corrected chi connectivity index (χ3v) is 6.62. The first-order valence-corrected chi connectivity index (χ1v) is 10.9. The Morgan fingerprint density at radius 2 is 2.10 bits per heavy atom. The van der Waals surface area contributed by atoms with Crippen molar-refractivity contribution in [2.45, 2.75) is 38.5 Å². The number of aliphatic carboxylic acids is 1. The summed E-state index contributed by atoms with van der Waals surface area (Å²) in [6.45, 7) is 2.65. The van der Waals surface area contributed by atoms with E-state index in [1.807, 2.05) is 36.4 Å². The van der Waals surface area contributed by atoms with Crippen LogP contribution in [0.2, 0.25) is 0 Å². The summed E-state index contributed by atoms with van der Waals surface area (Å²) in [5, 5.41) is 10.1. The van der Waals surface area contributed by atoms with E-state index < -0.39 is 5.97 Å². The molecule has 1 aliphatic carbocycles. The van der Waals surface area contributed by atoms with Crippen LogP contribution < -0.4 is 9.47 Å². The molecule has 30 heavy (non-hydrogen) atoms. The molecule has 6 heteroatoms. The van der Waals surface area contributed by atoms with Crippen molar-refractivity contribution >= 4 is 17.3 Å². The first-order valence-electron chi connectivity index (χ1n) is 10.1. The molecule has 1 N–H and O–H groups in total. The summed E-state index contributed by atoms with van der Waals surface area (Å²) >= 11 is 1.68. The van der Waals surface area contributed by atoms with E-state index in [2.05, 4.69) is 13.0 Å². The van der Waals surface area contributed by atoms with E-state index in [1.165, 1.54) is 10.4 Å². The Kier molecular flexibility index (Phi) is 6.04. The first kappa shape index (κ1) is 20.4. The zero-order valence-corrected chi connectivity index (χ0v) is 18.0. The number of carbonyl (C=O) groups is 1. The number of benzene rings is 2. The van der Waals surface area contributed by atoms with E-state index in [4.69, 9.17) is 19.6 Å². The summed E-state index contributed by atoms with van der Waals surface area (Å²) in [5.74, 6) is 1.05. The molecule has 5 nitrogen and oxygen atoms in total. The standard InChI is InChI=1S/C24H25NO4S/c1-15-22(25-24(30-15)18-4-3-5-19(13-18)28-2)10-11-29-20-8-9-21-16(12-20)6-7-17(21)14-23(26)27/h3-5,8-9,12-13,17H,6-7,10-11,14H2,1-2H3,(H,26,27)/t17-/m0/s1. The number of carboxylic acid groups (broad SMARTS) is 1. The van der Waals surface area contributed by atoms with Crippen LogP contribution in [0.4, 0.5) is 0 Å². The van der Waals surface area contributed by atoms with Crippen LogP contribution in [0.15, 0.2) is 42.5 Å². The first-order chi connectivity index (χ1) is 14.5. The molecule has 0 fully saturated rings. The monoisotopic (exact) mass is 423 g/mol. The van der Waals surface area contributed by atoms with Gasteiger partial charge in [0.25, 0.3) is 0 Å². The Balaban J connectivity index is 1.38. The van der Waals surface area contributed by atoms with Crippen molar-refractivity contribution in [3.63, 3.8) is 0 Å². The predicted molar refractivity (Wildman–Crippen MR) is 118 cm³/mol. The van der Waals surface area contributed by atoms with Crippen LogP contribution in [0.3, 0.4) is 0 Å². The van der Waals surface area contributed by atoms with Gasteiger partial charge >= 0.3 is 5.97 Å². The Labute approximate surface area is 180 Å². The van der Waals surface area contributed by atoms with Gasteiger partial charge in [-0.3, -0.25) is 4.79 Å². The fourth-order valence-corrected chi connectivity index (χ4v) is 4.96. The van der Waals surface area contributed by atoms with Crippen molar-refractivity contribution in [2.75, 3.05) is 13.7 Å². The van der Waals surface area contributed by atoms with Crippen molar-refractivity contribution in [3.8, 4) is 22.1 Å². The fourth-order valence-electron chi connectivity index (χ4n) is 4.00. The van der Waals surface area contributed by atoms with Crippen molar-refractivity contribution in [1.29, 1.82) is 0 Å². The van der Waals surface area contributed by atoms with E-state index in [0.29, 0.717) is 6.61 Å². The molecule has 0 spiro atoms. The van der Waals surface area contributed by atoms with Gasteiger partial charge in [0.05, 0.1) is 25.8 Å². The Morgan fingerprint density at radius 3 is 2.90 bits per heavy atom. The van der Waals surface area contributed by atoms with Crippen molar-refractivity contribution < 1.29 is 19.4 Å². The van der Waals surface area contributed by atoms with Crippen LogP contribution in [0, 0.1) is 6.92 Å². The van der Waals surface area contributed by atoms with Crippen molar-refractivity contribution in [3.05, 3.63) is 64.2 Å². The fraction of sp³-hybridized carbons (Fsp3) is 0.333. The molecule has 1 heterocycles. The smallest absolute Gasteiger partial charge is 0.303 e. The number of aryl methyl sites for hydroxylation is 2. The third-order valence-electron chi connectivity index (χ3n) is 5.55. The maximum Gasteiger partial charge on any atom is 0.303 e. The molecular weight excluding hydrogens is 398 g/mol. The van der Waals surface area contributed by atoms with Gasteiger partial charge in [-0.2, -0.15) is 0 Å². The van der Waals surface area contributed by atoms with Gasteiger partial charge in [-0.1, -0.05) is 18.2 Å². The number of aromatic nitrogens is 1. The van der Waals surface area contributed by atoms with Crippen LogP contribution in [0.1, 0.15) is 40.5 Å². The SMILES string of the molecule is COc1cccc(-c2nc(CCOc3ccc4c(c3)CC[C@H]4CC(=O)O)c(C)s2)c1. The molecule has 0 saturated carbocycles. The number of fused-ring (bicyclic) bond motifs is 1. The number of thiazole rings is 1. The molecular formula is C24H25NO4S. The molecule has 156 valence electrons. The van der Waals surface area contributed by atoms with Gasteiger partial charge in [0, 0.05) is 16.9 Å². The topological polar surface area (TPSA) is 68.7 Å². The lowest BCUT2D eigenvalue weighted by Gasteiger charge is -2.10. The molecule has 3 aromatic rings. The molecule has 0 unspecified atom stereocenters. The average molecular weight is 424 g/mol. The molecule has 0 aliphatic heterocycles. The number of ether oxygens (including phenoxy) is 2. The summed E-state index contributed by atoms with van der Waals surface area (Å²) in [6.07, 6.45) is 2.76. The van der Waals surface area contributed by atoms with Crippen LogP contribution in [0.5, 0.6) is 11.5 Å². The highest BCUT2D eigenvalue weighted by atomic mass is 32.1. The Bertz CT molecular complexity index is 1060. The minimum atomic E-state index is -0.736. The largest absolute Gasteiger partial charge is 0.497 e. The molecule has 1 aliphatic rings. The molecule has 2 aromatic carbocycles. The highest BCUT2D eigenvalue weighted by Crippen LogP contribution is 2.37. The maximum absolute atomic E-state index is 11.0. The number of nitrogens with zero attached hydrogens (tertiary/aromatic N) is 1. The second-order valence-electron chi connectivity index (χ2n) is 7.55. The van der Waals surface area contributed by atoms with Crippen molar-refractivity contribution in [1.82, 2.24) is 4.98 Å². The summed E-state index contributed by atoms with van der Waals surface area (Å²) in [4.78, 5) is 17.0. The molecule has 0 saturated heterocycles. The van der Waals surface area contributed by atoms with Crippen LogP contribution in [0.25, 0.3) is 10.6 Å². The quantitative estimate of drug-likeness (QED) is 0.536. The van der Waals surface area contributed by atoms with Gasteiger partial charge in [-0.25, -0.2) is 4.98 Å². The summed E-state index contributed by atoms with van der Waals surface area (Å²) in [6, 6.07) is 14.0. The normalized spacial score (nSPS) is 15.1. The van der Waals surface area contributed by atoms with Crippen LogP contribution in [-0.4, -0.2) is 29.8 Å². The molecule has 0 radical (unpaired) electrons. The van der Waals surface area contributed by atoms with Gasteiger partial charge in [-0.15, -0.1) is 11.3 Å². The highest BCUT2D eigenvalue weighted by molar-refractivity contribution is 7.15. The van der Waals surface area contributed by atoms with Crippen molar-refractivity contribution in [2.24, 2.45) is 0 Å². The molecule has 0 amide bonds. The summed E-state index contributed by atoms with van der Waals surface area (Å²) < 4.78 is 11.3. The lowest BCUT2D eigenvalue weighted by molar-refractivity contribution is -0.137. The van der Waals surface area contributed by atoms with E-state index in [1.54, 1.807) is 18.4 Å². The van der Waals surface area contributed by atoms with Gasteiger partial charge in [0.15, 0.2) is 0 Å². The van der Waals surface area contributed by atoms with Gasteiger partial charge in [0.2, 0.25) is 0 Å². The maximum atomic E-state index is 11.0. The average Bonchev–Trinajstić information content (AvgIpc) is 3.31.